The van der Waals surface area contributed by atoms with Crippen LogP contribution in [-0.2, 0) is 17.6 Å². The Bertz CT molecular complexity index is 1160. The number of carbonyl (C=O) groups is 1. The highest BCUT2D eigenvalue weighted by atomic mass is 19.4. The van der Waals surface area contributed by atoms with Gasteiger partial charge >= 0.3 is 6.18 Å². The van der Waals surface area contributed by atoms with Crippen LogP contribution in [0.2, 0.25) is 0 Å². The molecule has 0 saturated heterocycles. The van der Waals surface area contributed by atoms with Crippen LogP contribution in [0.4, 0.5) is 13.2 Å². The minimum absolute atomic E-state index is 0.00619. The second-order valence-electron chi connectivity index (χ2n) is 8.57. The summed E-state index contributed by atoms with van der Waals surface area (Å²) in [6.45, 7) is 5.86. The van der Waals surface area contributed by atoms with E-state index in [9.17, 15) is 18.0 Å². The van der Waals surface area contributed by atoms with E-state index >= 15 is 0 Å². The molecule has 0 aliphatic heterocycles. The van der Waals surface area contributed by atoms with Crippen LogP contribution in [0.1, 0.15) is 59.4 Å². The van der Waals surface area contributed by atoms with Gasteiger partial charge in [-0.15, -0.1) is 0 Å². The van der Waals surface area contributed by atoms with E-state index in [4.69, 9.17) is 9.99 Å². The number of allylic oxidation sites excluding steroid dienone is 1. The van der Waals surface area contributed by atoms with Crippen molar-refractivity contribution in [3.63, 3.8) is 0 Å². The van der Waals surface area contributed by atoms with E-state index in [0.717, 1.165) is 23.4 Å². The number of ketones is 1. The van der Waals surface area contributed by atoms with Gasteiger partial charge in [0.05, 0.1) is 11.3 Å². The number of hydrogen-bond acceptors (Lipinski definition) is 4. The monoisotopic (exact) mass is 487 g/mol. The summed E-state index contributed by atoms with van der Waals surface area (Å²) in [5.74, 6) is 0.359. The van der Waals surface area contributed by atoms with Gasteiger partial charge in [-0.3, -0.25) is 10.1 Å². The number of alkyl halides is 3. The maximum atomic E-state index is 13.4. The summed E-state index contributed by atoms with van der Waals surface area (Å²) in [5.41, 5.74) is 1.23. The third-order valence-electron chi connectivity index (χ3n) is 5.41. The first-order chi connectivity index (χ1) is 16.6. The van der Waals surface area contributed by atoms with E-state index < -0.39 is 17.5 Å². The predicted octanol–water partition coefficient (Wildman–Crippen LogP) is 6.83. The van der Waals surface area contributed by atoms with E-state index in [-0.39, 0.29) is 30.9 Å². The molecule has 3 aromatic rings. The van der Waals surface area contributed by atoms with Gasteiger partial charge in [0.25, 0.3) is 0 Å². The zero-order chi connectivity index (χ0) is 25.6. The summed E-state index contributed by atoms with van der Waals surface area (Å²) < 4.78 is 47.1. The van der Waals surface area contributed by atoms with Crippen LogP contribution in [0, 0.1) is 0 Å². The van der Waals surface area contributed by atoms with Gasteiger partial charge in [-0.05, 0) is 42.2 Å². The van der Waals surface area contributed by atoms with Crippen molar-refractivity contribution < 1.29 is 32.8 Å². The highest BCUT2D eigenvalue weighted by Gasteiger charge is 2.33. The van der Waals surface area contributed by atoms with Crippen LogP contribution < -0.4 is 4.74 Å². The first kappa shape index (κ1) is 26.2. The molecule has 3 rings (SSSR count). The fourth-order valence-electron chi connectivity index (χ4n) is 3.54. The van der Waals surface area contributed by atoms with E-state index in [2.05, 4.69) is 4.89 Å². The fourth-order valence-corrected chi connectivity index (χ4v) is 3.54. The normalized spacial score (nSPS) is 12.9. The largest absolute Gasteiger partial charge is 0.488 e. The molecule has 0 fully saturated rings. The number of carbonyl (C=O) groups excluding carboxylic acids is 1. The summed E-state index contributed by atoms with van der Waals surface area (Å²) in [6.07, 6.45) is -0.567. The molecule has 2 aromatic carbocycles. The van der Waals surface area contributed by atoms with Crippen molar-refractivity contribution in [2.24, 2.45) is 0 Å². The number of aromatic nitrogens is 1. The zero-order valence-corrected chi connectivity index (χ0v) is 19.8. The first-order valence-electron chi connectivity index (χ1n) is 11.2. The van der Waals surface area contributed by atoms with Crippen molar-refractivity contribution in [1.82, 2.24) is 4.57 Å². The SMILES string of the molecule is CC(C)c1ccc(C(=O)c2cc(C(F)(F)F)cn2CC=Cc2cccc(O[C@@H](C)COO)c2)cc1. The smallest absolute Gasteiger partial charge is 0.417 e. The van der Waals surface area contributed by atoms with Crippen molar-refractivity contribution in [2.45, 2.75) is 45.5 Å². The molecule has 0 unspecified atom stereocenters. The lowest BCUT2D eigenvalue weighted by Crippen LogP contribution is -2.18. The van der Waals surface area contributed by atoms with E-state index in [1.165, 1.54) is 4.57 Å². The molecule has 0 aliphatic rings. The molecule has 0 bridgehead atoms. The molecule has 0 radical (unpaired) electrons. The van der Waals surface area contributed by atoms with Gasteiger partial charge < -0.3 is 9.30 Å². The standard InChI is InChI=1S/C27H28F3NO4/c1-18(2)21-9-11-22(12-10-21)26(32)25-15-23(27(28,29)30)16-31(25)13-5-7-20-6-4-8-24(14-20)35-19(3)17-34-33/h4-12,14-16,18-19,33H,13,17H2,1-3H3/t19-/m0/s1. The molecule has 5 nitrogen and oxygen atoms in total. The fraction of sp³-hybridized carbons (Fsp3) is 0.296. The molecule has 35 heavy (non-hydrogen) atoms. The lowest BCUT2D eigenvalue weighted by molar-refractivity contribution is -0.253. The first-order valence-corrected chi connectivity index (χ1v) is 11.2. The summed E-state index contributed by atoms with van der Waals surface area (Å²) in [7, 11) is 0. The summed E-state index contributed by atoms with van der Waals surface area (Å²) in [4.78, 5) is 17.1. The molecule has 0 saturated carbocycles. The Balaban J connectivity index is 1.82. The Morgan fingerprint density at radius 3 is 2.43 bits per heavy atom. The highest BCUT2D eigenvalue weighted by molar-refractivity contribution is 6.08. The molecule has 0 aliphatic carbocycles. The van der Waals surface area contributed by atoms with Gasteiger partial charge in [0, 0.05) is 18.3 Å². The second kappa shape index (κ2) is 11.4. The average Bonchev–Trinajstić information content (AvgIpc) is 3.24. The lowest BCUT2D eigenvalue weighted by atomic mass is 9.99. The van der Waals surface area contributed by atoms with Gasteiger partial charge in [0.1, 0.15) is 18.5 Å². The number of ether oxygens (including phenoxy) is 1. The topological polar surface area (TPSA) is 60.7 Å². The van der Waals surface area contributed by atoms with Gasteiger partial charge in [0.2, 0.25) is 5.78 Å². The van der Waals surface area contributed by atoms with Crippen LogP contribution in [0.5, 0.6) is 5.75 Å². The number of nitrogens with zero attached hydrogens (tertiary/aromatic N) is 1. The maximum Gasteiger partial charge on any atom is 0.417 e. The van der Waals surface area contributed by atoms with Crippen molar-refractivity contribution in [3.8, 4) is 5.75 Å². The average molecular weight is 488 g/mol. The number of halogens is 3. The van der Waals surface area contributed by atoms with E-state index in [0.29, 0.717) is 11.3 Å². The summed E-state index contributed by atoms with van der Waals surface area (Å²) in [6, 6.07) is 14.9. The Morgan fingerprint density at radius 2 is 1.80 bits per heavy atom. The van der Waals surface area contributed by atoms with Crippen LogP contribution in [0.3, 0.4) is 0 Å². The molecular weight excluding hydrogens is 459 g/mol. The number of benzene rings is 2. The van der Waals surface area contributed by atoms with Crippen molar-refractivity contribution in [2.75, 3.05) is 6.61 Å². The van der Waals surface area contributed by atoms with Crippen molar-refractivity contribution >= 4 is 11.9 Å². The molecule has 1 N–H and O–H groups in total. The molecular formula is C27H28F3NO4. The molecule has 8 heteroatoms. The van der Waals surface area contributed by atoms with Crippen molar-refractivity contribution in [1.29, 1.82) is 0 Å². The lowest BCUT2D eigenvalue weighted by Gasteiger charge is -2.13. The Labute approximate surface area is 202 Å². The van der Waals surface area contributed by atoms with Crippen molar-refractivity contribution in [3.05, 3.63) is 94.8 Å². The molecule has 0 spiro atoms. The van der Waals surface area contributed by atoms with Crippen LogP contribution in [0.15, 0.2) is 66.9 Å². The minimum atomic E-state index is -4.56. The number of rotatable bonds is 10. The Morgan fingerprint density at radius 1 is 1.09 bits per heavy atom. The van der Waals surface area contributed by atoms with E-state index in [1.54, 1.807) is 49.4 Å². The minimum Gasteiger partial charge on any atom is -0.488 e. The van der Waals surface area contributed by atoms with Crippen LogP contribution in [0.25, 0.3) is 6.08 Å². The molecule has 1 aromatic heterocycles. The predicted molar refractivity (Wildman–Crippen MR) is 128 cm³/mol. The van der Waals surface area contributed by atoms with Gasteiger partial charge in [-0.25, -0.2) is 4.89 Å². The quantitative estimate of drug-likeness (QED) is 0.193. The highest BCUT2D eigenvalue weighted by Crippen LogP contribution is 2.31. The second-order valence-corrected chi connectivity index (χ2v) is 8.57. The van der Waals surface area contributed by atoms with Crippen LogP contribution >= 0.6 is 0 Å². The molecule has 1 heterocycles. The third kappa shape index (κ3) is 7.07. The van der Waals surface area contributed by atoms with Gasteiger partial charge in [-0.2, -0.15) is 13.2 Å². The Hall–Kier alpha value is -3.36. The van der Waals surface area contributed by atoms with Crippen LogP contribution in [-0.4, -0.2) is 28.3 Å². The summed E-state index contributed by atoms with van der Waals surface area (Å²) in [5, 5.41) is 8.53. The Kier molecular flexibility index (Phi) is 8.53. The van der Waals surface area contributed by atoms with Gasteiger partial charge in [0.15, 0.2) is 0 Å². The summed E-state index contributed by atoms with van der Waals surface area (Å²) >= 11 is 0. The molecule has 0 amide bonds. The maximum absolute atomic E-state index is 13.4. The van der Waals surface area contributed by atoms with Gasteiger partial charge in [-0.1, -0.05) is 62.4 Å². The zero-order valence-electron chi connectivity index (χ0n) is 19.8. The molecule has 1 atom stereocenters. The molecule has 186 valence electrons. The van der Waals surface area contributed by atoms with E-state index in [1.807, 2.05) is 32.0 Å². The third-order valence-corrected chi connectivity index (χ3v) is 5.41. The number of hydrogen-bond donors (Lipinski definition) is 1.